The third kappa shape index (κ3) is 4.00. The summed E-state index contributed by atoms with van der Waals surface area (Å²) in [5.74, 6) is -0.670. The molecule has 0 saturated carbocycles. The second kappa shape index (κ2) is 8.30. The lowest BCUT2D eigenvalue weighted by atomic mass is 9.86. The van der Waals surface area contributed by atoms with Gasteiger partial charge in [-0.1, -0.05) is 0 Å². The summed E-state index contributed by atoms with van der Waals surface area (Å²) in [6.45, 7) is 1.66. The number of rotatable bonds is 6. The lowest BCUT2D eigenvalue weighted by Crippen LogP contribution is -2.56. The van der Waals surface area contributed by atoms with Gasteiger partial charge in [-0.05, 0) is 43.2 Å². The number of benzene rings is 1. The molecule has 1 aliphatic rings. The molecule has 144 valence electrons. The molecule has 1 aromatic carbocycles. The number of likely N-dealkylation sites (tertiary alicyclic amines) is 1. The van der Waals surface area contributed by atoms with E-state index in [-0.39, 0.29) is 17.6 Å². The summed E-state index contributed by atoms with van der Waals surface area (Å²) in [6.07, 6.45) is 4.30. The molecule has 1 fully saturated rings. The Bertz CT molecular complexity index is 769. The Labute approximate surface area is 157 Å². The van der Waals surface area contributed by atoms with Gasteiger partial charge in [0.1, 0.15) is 11.4 Å². The van der Waals surface area contributed by atoms with E-state index in [9.17, 15) is 14.0 Å². The van der Waals surface area contributed by atoms with Crippen LogP contribution in [0, 0.1) is 5.82 Å². The average molecular weight is 374 g/mol. The molecule has 0 aliphatic carbocycles. The SMILES string of the molecule is COCCNC(=O)C1(n2cccn2)CCN(C(=O)c2ccc(F)cc2)CC1. The molecule has 1 aromatic heterocycles. The van der Waals surface area contributed by atoms with Gasteiger partial charge < -0.3 is 15.0 Å². The summed E-state index contributed by atoms with van der Waals surface area (Å²) in [6, 6.07) is 7.28. The Hall–Kier alpha value is -2.74. The van der Waals surface area contributed by atoms with Crippen LogP contribution < -0.4 is 5.32 Å². The molecule has 0 radical (unpaired) electrons. The van der Waals surface area contributed by atoms with Gasteiger partial charge in [0, 0.05) is 44.7 Å². The quantitative estimate of drug-likeness (QED) is 0.776. The number of nitrogens with one attached hydrogen (secondary N) is 1. The van der Waals surface area contributed by atoms with Crippen LogP contribution in [0.3, 0.4) is 0 Å². The van der Waals surface area contributed by atoms with Crippen molar-refractivity contribution in [3.05, 3.63) is 54.1 Å². The summed E-state index contributed by atoms with van der Waals surface area (Å²) in [7, 11) is 1.58. The Morgan fingerprint density at radius 1 is 1.26 bits per heavy atom. The zero-order valence-electron chi connectivity index (χ0n) is 15.2. The van der Waals surface area contributed by atoms with Crippen LogP contribution in [0.4, 0.5) is 4.39 Å². The van der Waals surface area contributed by atoms with Gasteiger partial charge in [0.05, 0.1) is 6.61 Å². The highest BCUT2D eigenvalue weighted by molar-refractivity contribution is 5.94. The van der Waals surface area contributed by atoms with Gasteiger partial charge in [-0.3, -0.25) is 14.3 Å². The molecular formula is C19H23FN4O3. The molecule has 7 nitrogen and oxygen atoms in total. The van der Waals surface area contributed by atoms with Gasteiger partial charge in [-0.15, -0.1) is 0 Å². The Balaban J connectivity index is 1.73. The van der Waals surface area contributed by atoms with E-state index in [4.69, 9.17) is 4.74 Å². The highest BCUT2D eigenvalue weighted by Crippen LogP contribution is 2.30. The molecule has 2 aromatic rings. The van der Waals surface area contributed by atoms with Gasteiger partial charge in [-0.25, -0.2) is 4.39 Å². The first-order valence-corrected chi connectivity index (χ1v) is 8.89. The lowest BCUT2D eigenvalue weighted by Gasteiger charge is -2.40. The van der Waals surface area contributed by atoms with Crippen molar-refractivity contribution in [2.45, 2.75) is 18.4 Å². The number of ether oxygens (including phenoxy) is 1. The van der Waals surface area contributed by atoms with Gasteiger partial charge in [-0.2, -0.15) is 5.10 Å². The van der Waals surface area contributed by atoms with Crippen molar-refractivity contribution >= 4 is 11.8 Å². The van der Waals surface area contributed by atoms with Crippen molar-refractivity contribution in [3.8, 4) is 0 Å². The van der Waals surface area contributed by atoms with Crippen molar-refractivity contribution in [3.63, 3.8) is 0 Å². The summed E-state index contributed by atoms with van der Waals surface area (Å²) >= 11 is 0. The zero-order chi connectivity index (χ0) is 19.3. The van der Waals surface area contributed by atoms with Crippen LogP contribution in [-0.4, -0.2) is 59.8 Å². The molecular weight excluding hydrogens is 351 g/mol. The van der Waals surface area contributed by atoms with Crippen molar-refractivity contribution in [1.82, 2.24) is 20.0 Å². The van der Waals surface area contributed by atoms with Crippen LogP contribution in [0.5, 0.6) is 0 Å². The van der Waals surface area contributed by atoms with Crippen LogP contribution in [0.25, 0.3) is 0 Å². The molecule has 0 bridgehead atoms. The average Bonchev–Trinajstić information content (AvgIpc) is 3.23. The maximum atomic E-state index is 13.1. The van der Waals surface area contributed by atoms with Gasteiger partial charge >= 0.3 is 0 Å². The molecule has 8 heteroatoms. The van der Waals surface area contributed by atoms with E-state index in [0.717, 1.165) is 0 Å². The van der Waals surface area contributed by atoms with Crippen LogP contribution in [0.1, 0.15) is 23.2 Å². The van der Waals surface area contributed by atoms with Gasteiger partial charge in [0.2, 0.25) is 5.91 Å². The second-order valence-electron chi connectivity index (χ2n) is 6.53. The van der Waals surface area contributed by atoms with Crippen LogP contribution in [-0.2, 0) is 15.1 Å². The number of aromatic nitrogens is 2. The summed E-state index contributed by atoms with van der Waals surface area (Å²) in [4.78, 5) is 27.2. The Kier molecular flexibility index (Phi) is 5.85. The monoisotopic (exact) mass is 374 g/mol. The maximum Gasteiger partial charge on any atom is 0.253 e. The highest BCUT2D eigenvalue weighted by atomic mass is 19.1. The fraction of sp³-hybridized carbons (Fsp3) is 0.421. The number of nitrogens with zero attached hydrogens (tertiary/aromatic N) is 3. The number of methoxy groups -OCH3 is 1. The summed E-state index contributed by atoms with van der Waals surface area (Å²) in [5, 5.41) is 7.17. The number of carbonyl (C=O) groups excluding carboxylic acids is 2. The van der Waals surface area contributed by atoms with Gasteiger partial charge in [0.25, 0.3) is 5.91 Å². The van der Waals surface area contributed by atoms with E-state index in [1.54, 1.807) is 35.2 Å². The number of halogens is 1. The normalized spacial score (nSPS) is 16.1. The van der Waals surface area contributed by atoms with Gasteiger partial charge in [0.15, 0.2) is 0 Å². The van der Waals surface area contributed by atoms with Crippen LogP contribution in [0.2, 0.25) is 0 Å². The predicted molar refractivity (Wildman–Crippen MR) is 96.6 cm³/mol. The van der Waals surface area contributed by atoms with Crippen LogP contribution in [0.15, 0.2) is 42.7 Å². The van der Waals surface area contributed by atoms with Crippen molar-refractivity contribution in [1.29, 1.82) is 0 Å². The van der Waals surface area contributed by atoms with E-state index < -0.39 is 5.54 Å². The zero-order valence-corrected chi connectivity index (χ0v) is 15.2. The predicted octanol–water partition coefficient (Wildman–Crippen LogP) is 1.42. The number of amides is 2. The minimum atomic E-state index is -0.836. The molecule has 3 rings (SSSR count). The molecule has 2 heterocycles. The van der Waals surface area contributed by atoms with Crippen LogP contribution >= 0.6 is 0 Å². The summed E-state index contributed by atoms with van der Waals surface area (Å²) < 4.78 is 19.7. The fourth-order valence-corrected chi connectivity index (χ4v) is 3.37. The Morgan fingerprint density at radius 3 is 2.56 bits per heavy atom. The molecule has 0 spiro atoms. The molecule has 27 heavy (non-hydrogen) atoms. The van der Waals surface area contributed by atoms with E-state index >= 15 is 0 Å². The van der Waals surface area contributed by atoms with E-state index in [2.05, 4.69) is 10.4 Å². The number of hydrogen-bond acceptors (Lipinski definition) is 4. The van der Waals surface area contributed by atoms with E-state index in [1.165, 1.54) is 24.3 Å². The minimum absolute atomic E-state index is 0.128. The first-order valence-electron chi connectivity index (χ1n) is 8.89. The number of carbonyl (C=O) groups is 2. The topological polar surface area (TPSA) is 76.5 Å². The first kappa shape index (κ1) is 19.0. The molecule has 1 aliphatic heterocycles. The highest BCUT2D eigenvalue weighted by Gasteiger charge is 2.44. The molecule has 2 amide bonds. The van der Waals surface area contributed by atoms with E-state index in [1.807, 2.05) is 0 Å². The number of hydrogen-bond donors (Lipinski definition) is 1. The van der Waals surface area contributed by atoms with E-state index in [0.29, 0.717) is 44.6 Å². The van der Waals surface area contributed by atoms with Crippen molar-refractivity contribution in [2.75, 3.05) is 33.4 Å². The molecule has 0 atom stereocenters. The molecule has 1 saturated heterocycles. The lowest BCUT2D eigenvalue weighted by molar-refractivity contribution is -0.133. The smallest absolute Gasteiger partial charge is 0.253 e. The molecule has 1 N–H and O–H groups in total. The number of piperidine rings is 1. The van der Waals surface area contributed by atoms with Crippen molar-refractivity contribution in [2.24, 2.45) is 0 Å². The third-order valence-electron chi connectivity index (χ3n) is 4.93. The largest absolute Gasteiger partial charge is 0.383 e. The Morgan fingerprint density at radius 2 is 1.96 bits per heavy atom. The fourth-order valence-electron chi connectivity index (χ4n) is 3.37. The standard InChI is InChI=1S/C19H23FN4O3/c1-27-14-10-21-18(26)19(24-11-2-9-22-24)7-12-23(13-8-19)17(25)15-3-5-16(20)6-4-15/h2-6,9,11H,7-8,10,12-14H2,1H3,(H,21,26). The third-order valence-corrected chi connectivity index (χ3v) is 4.93. The maximum absolute atomic E-state index is 13.1. The summed E-state index contributed by atoms with van der Waals surface area (Å²) in [5.41, 5.74) is -0.399. The van der Waals surface area contributed by atoms with Crippen molar-refractivity contribution < 1.29 is 18.7 Å². The first-order chi connectivity index (χ1) is 13.1. The second-order valence-corrected chi connectivity index (χ2v) is 6.53. The molecule has 0 unspecified atom stereocenters. The minimum Gasteiger partial charge on any atom is -0.383 e.